The molecule has 5 nitrogen and oxygen atoms in total. The highest BCUT2D eigenvalue weighted by Crippen LogP contribution is 2.17. The molecule has 0 aliphatic heterocycles. The summed E-state index contributed by atoms with van der Waals surface area (Å²) >= 11 is 3.40. The number of nitrogens with one attached hydrogen (secondary N) is 1. The van der Waals surface area contributed by atoms with Gasteiger partial charge in [0.1, 0.15) is 18.2 Å². The summed E-state index contributed by atoms with van der Waals surface area (Å²) in [5, 5.41) is 2.98. The summed E-state index contributed by atoms with van der Waals surface area (Å²) in [6, 6.07) is 25.2. The Labute approximate surface area is 183 Å². The molecule has 1 amide bonds. The highest BCUT2D eigenvalue weighted by Gasteiger charge is 2.12. The first-order chi connectivity index (χ1) is 14.7. The van der Waals surface area contributed by atoms with Crippen LogP contribution in [0, 0.1) is 0 Å². The molecule has 0 atom stereocenters. The molecule has 0 bridgehead atoms. The van der Waals surface area contributed by atoms with E-state index in [9.17, 15) is 4.79 Å². The van der Waals surface area contributed by atoms with E-state index in [1.807, 2.05) is 66.7 Å². The number of carbonyl (C=O) groups excluding carboxylic acids is 1. The number of aromatic nitrogens is 2. The second-order valence-corrected chi connectivity index (χ2v) is 7.76. The van der Waals surface area contributed by atoms with Crippen LogP contribution in [0.4, 0.5) is 0 Å². The van der Waals surface area contributed by atoms with Gasteiger partial charge in [0.15, 0.2) is 0 Å². The van der Waals surface area contributed by atoms with E-state index in [4.69, 9.17) is 9.72 Å². The molecule has 0 saturated carbocycles. The number of ether oxygens (including phenoxy) is 1. The summed E-state index contributed by atoms with van der Waals surface area (Å²) in [6.07, 6.45) is 0.639. The molecule has 4 rings (SSSR count). The van der Waals surface area contributed by atoms with Crippen LogP contribution < -0.4 is 10.1 Å². The van der Waals surface area contributed by atoms with Crippen LogP contribution in [-0.2, 0) is 13.0 Å². The predicted molar refractivity (Wildman–Crippen MR) is 122 cm³/mol. The average molecular weight is 464 g/mol. The quantitative estimate of drug-likeness (QED) is 0.406. The molecule has 0 aliphatic rings. The third-order valence-electron chi connectivity index (χ3n) is 4.78. The van der Waals surface area contributed by atoms with Crippen molar-refractivity contribution in [1.29, 1.82) is 0 Å². The fourth-order valence-corrected chi connectivity index (χ4v) is 3.76. The third kappa shape index (κ3) is 4.89. The maximum atomic E-state index is 12.4. The Balaban J connectivity index is 1.42. The van der Waals surface area contributed by atoms with Gasteiger partial charge < -0.3 is 14.6 Å². The number of benzene rings is 3. The Hall–Kier alpha value is -3.12. The van der Waals surface area contributed by atoms with Gasteiger partial charge in [0.25, 0.3) is 5.91 Å². The van der Waals surface area contributed by atoms with E-state index < -0.39 is 0 Å². The number of imidazole rings is 1. The van der Waals surface area contributed by atoms with Crippen LogP contribution in [0.15, 0.2) is 83.3 Å². The number of amides is 1. The van der Waals surface area contributed by atoms with Crippen LogP contribution in [0.2, 0.25) is 0 Å². The molecule has 3 aromatic carbocycles. The Bertz CT molecular complexity index is 1140. The van der Waals surface area contributed by atoms with Gasteiger partial charge in [0, 0.05) is 23.0 Å². The fourth-order valence-electron chi connectivity index (χ4n) is 3.36. The second-order valence-electron chi connectivity index (χ2n) is 6.85. The van der Waals surface area contributed by atoms with E-state index in [-0.39, 0.29) is 5.91 Å². The van der Waals surface area contributed by atoms with Crippen LogP contribution in [0.5, 0.6) is 5.75 Å². The zero-order valence-electron chi connectivity index (χ0n) is 16.4. The molecular weight excluding hydrogens is 442 g/mol. The summed E-state index contributed by atoms with van der Waals surface area (Å²) in [5.41, 5.74) is 2.65. The maximum Gasteiger partial charge on any atom is 0.251 e. The number of nitrogens with zero attached hydrogens (tertiary/aromatic N) is 2. The molecule has 1 N–H and O–H groups in total. The molecule has 4 aromatic rings. The van der Waals surface area contributed by atoms with Gasteiger partial charge in [-0.3, -0.25) is 4.79 Å². The van der Waals surface area contributed by atoms with Crippen molar-refractivity contribution in [3.05, 3.63) is 94.7 Å². The molecule has 0 unspecified atom stereocenters. The summed E-state index contributed by atoms with van der Waals surface area (Å²) in [5.74, 6) is 1.69. The lowest BCUT2D eigenvalue weighted by Gasteiger charge is -2.11. The van der Waals surface area contributed by atoms with Crippen molar-refractivity contribution in [2.24, 2.45) is 0 Å². The lowest BCUT2D eigenvalue weighted by Crippen LogP contribution is -2.26. The molecule has 152 valence electrons. The average Bonchev–Trinajstić information content (AvgIpc) is 3.12. The first-order valence-corrected chi connectivity index (χ1v) is 10.7. The molecule has 30 heavy (non-hydrogen) atoms. The van der Waals surface area contributed by atoms with Gasteiger partial charge in [-0.15, -0.1) is 0 Å². The number of carbonyl (C=O) groups is 1. The smallest absolute Gasteiger partial charge is 0.251 e. The molecule has 1 heterocycles. The Morgan fingerprint density at radius 2 is 1.80 bits per heavy atom. The molecule has 0 radical (unpaired) electrons. The number of rotatable bonds is 8. The number of hydrogen-bond acceptors (Lipinski definition) is 3. The molecule has 1 aromatic heterocycles. The van der Waals surface area contributed by atoms with E-state index in [0.717, 1.165) is 27.1 Å². The SMILES string of the molecule is O=C(NCCc1nc2ccccc2n1CCOc1ccccc1)c1cccc(Br)c1. The lowest BCUT2D eigenvalue weighted by molar-refractivity contribution is 0.0954. The molecule has 0 spiro atoms. The minimum atomic E-state index is -0.0913. The maximum absolute atomic E-state index is 12.4. The summed E-state index contributed by atoms with van der Waals surface area (Å²) < 4.78 is 8.93. The summed E-state index contributed by atoms with van der Waals surface area (Å²) in [7, 11) is 0. The van der Waals surface area contributed by atoms with Gasteiger partial charge in [-0.2, -0.15) is 0 Å². The standard InChI is InChI=1S/C24H22BrN3O2/c25-19-8-6-7-18(17-19)24(29)26-14-13-23-27-21-11-4-5-12-22(21)28(23)15-16-30-20-9-2-1-3-10-20/h1-12,17H,13-16H2,(H,26,29). The zero-order valence-corrected chi connectivity index (χ0v) is 18.0. The van der Waals surface area contributed by atoms with Crippen LogP contribution in [0.1, 0.15) is 16.2 Å². The van der Waals surface area contributed by atoms with Crippen molar-refractivity contribution >= 4 is 32.9 Å². The van der Waals surface area contributed by atoms with Crippen molar-refractivity contribution in [2.45, 2.75) is 13.0 Å². The molecule has 6 heteroatoms. The van der Waals surface area contributed by atoms with Gasteiger partial charge in [-0.05, 0) is 42.5 Å². The highest BCUT2D eigenvalue weighted by molar-refractivity contribution is 9.10. The Morgan fingerprint density at radius 3 is 2.63 bits per heavy atom. The van der Waals surface area contributed by atoms with Crippen molar-refractivity contribution in [3.63, 3.8) is 0 Å². The Kier molecular flexibility index (Phi) is 6.44. The van der Waals surface area contributed by atoms with Crippen molar-refractivity contribution in [2.75, 3.05) is 13.2 Å². The Morgan fingerprint density at radius 1 is 1.00 bits per heavy atom. The predicted octanol–water partition coefficient (Wildman–Crippen LogP) is 4.85. The van der Waals surface area contributed by atoms with Gasteiger partial charge >= 0.3 is 0 Å². The number of halogens is 1. The van der Waals surface area contributed by atoms with E-state index in [1.54, 1.807) is 6.07 Å². The molecule has 0 fully saturated rings. The van der Waals surface area contributed by atoms with Crippen LogP contribution in [0.25, 0.3) is 11.0 Å². The summed E-state index contributed by atoms with van der Waals surface area (Å²) in [4.78, 5) is 17.2. The third-order valence-corrected chi connectivity index (χ3v) is 5.27. The normalized spacial score (nSPS) is 10.8. The van der Waals surface area contributed by atoms with E-state index in [2.05, 4.69) is 31.9 Å². The largest absolute Gasteiger partial charge is 0.492 e. The topological polar surface area (TPSA) is 56.2 Å². The number of fused-ring (bicyclic) bond motifs is 1. The van der Waals surface area contributed by atoms with Gasteiger partial charge in [-0.1, -0.05) is 52.3 Å². The van der Waals surface area contributed by atoms with Crippen molar-refractivity contribution in [1.82, 2.24) is 14.9 Å². The number of hydrogen-bond donors (Lipinski definition) is 1. The number of para-hydroxylation sites is 3. The van der Waals surface area contributed by atoms with E-state index in [1.165, 1.54) is 0 Å². The van der Waals surface area contributed by atoms with E-state index in [0.29, 0.717) is 31.7 Å². The first kappa shape index (κ1) is 20.2. The zero-order chi connectivity index (χ0) is 20.8. The monoisotopic (exact) mass is 463 g/mol. The molecule has 0 aliphatic carbocycles. The van der Waals surface area contributed by atoms with Crippen LogP contribution >= 0.6 is 15.9 Å². The molecular formula is C24H22BrN3O2. The minimum absolute atomic E-state index is 0.0913. The fraction of sp³-hybridized carbons (Fsp3) is 0.167. The van der Waals surface area contributed by atoms with Crippen LogP contribution in [-0.4, -0.2) is 28.6 Å². The lowest BCUT2D eigenvalue weighted by atomic mass is 10.2. The van der Waals surface area contributed by atoms with Gasteiger partial charge in [-0.25, -0.2) is 4.98 Å². The highest BCUT2D eigenvalue weighted by atomic mass is 79.9. The van der Waals surface area contributed by atoms with Crippen LogP contribution in [0.3, 0.4) is 0 Å². The first-order valence-electron chi connectivity index (χ1n) is 9.86. The second kappa shape index (κ2) is 9.59. The van der Waals surface area contributed by atoms with Crippen molar-refractivity contribution < 1.29 is 9.53 Å². The van der Waals surface area contributed by atoms with Crippen molar-refractivity contribution in [3.8, 4) is 5.75 Å². The van der Waals surface area contributed by atoms with Gasteiger partial charge in [0.05, 0.1) is 17.6 Å². The minimum Gasteiger partial charge on any atom is -0.492 e. The molecule has 0 saturated heterocycles. The van der Waals surface area contributed by atoms with Gasteiger partial charge in [0.2, 0.25) is 0 Å². The summed E-state index contributed by atoms with van der Waals surface area (Å²) in [6.45, 7) is 1.74. The van der Waals surface area contributed by atoms with E-state index >= 15 is 0 Å².